The fraction of sp³-hybridized carbons (Fsp3) is 0.320. The summed E-state index contributed by atoms with van der Waals surface area (Å²) in [6, 6.07) is 13.5. The van der Waals surface area contributed by atoms with Gasteiger partial charge in [0.25, 0.3) is 11.8 Å². The molecule has 180 valence electrons. The molecule has 0 aromatic heterocycles. The monoisotopic (exact) mass is 476 g/mol. The Balaban J connectivity index is 1.27. The van der Waals surface area contributed by atoms with E-state index in [2.05, 4.69) is 10.6 Å². The van der Waals surface area contributed by atoms with E-state index in [-0.39, 0.29) is 5.91 Å². The van der Waals surface area contributed by atoms with Gasteiger partial charge in [0.2, 0.25) is 5.91 Å². The van der Waals surface area contributed by atoms with Crippen LogP contribution < -0.4 is 15.5 Å². The van der Waals surface area contributed by atoms with E-state index >= 15 is 0 Å². The van der Waals surface area contributed by atoms with Crippen LogP contribution in [0.15, 0.2) is 48.5 Å². The number of hydrogen-bond donors (Lipinski definition) is 2. The molecule has 1 fully saturated rings. The molecule has 2 aliphatic heterocycles. The smallest absolute Gasteiger partial charge is 0.326 e. The van der Waals surface area contributed by atoms with Gasteiger partial charge in [-0.25, -0.2) is 4.79 Å². The zero-order chi connectivity index (χ0) is 25.0. The second-order valence-electron chi connectivity index (χ2n) is 9.30. The van der Waals surface area contributed by atoms with E-state index in [1.165, 1.54) is 4.90 Å². The minimum atomic E-state index is -1.22. The number of ether oxygens (including phenoxy) is 1. The molecule has 10 heteroatoms. The summed E-state index contributed by atoms with van der Waals surface area (Å²) in [6.07, 6.45) is 1.04. The lowest BCUT2D eigenvalue weighted by atomic mass is 9.92. The van der Waals surface area contributed by atoms with E-state index in [0.29, 0.717) is 24.2 Å². The predicted molar refractivity (Wildman–Crippen MR) is 124 cm³/mol. The average Bonchev–Trinajstić information content (AvgIpc) is 3.31. The number of aryl methyl sites for hydroxylation is 1. The third kappa shape index (κ3) is 3.44. The van der Waals surface area contributed by atoms with Gasteiger partial charge < -0.3 is 15.4 Å². The van der Waals surface area contributed by atoms with Gasteiger partial charge in [-0.05, 0) is 49.9 Å². The molecule has 5 rings (SSSR count). The molecule has 2 heterocycles. The number of imide groups is 1. The van der Waals surface area contributed by atoms with Crippen molar-refractivity contribution in [3.63, 3.8) is 0 Å². The lowest BCUT2D eigenvalue weighted by Gasteiger charge is -2.41. The number of nitrogens with zero attached hydrogens (tertiary/aromatic N) is 2. The van der Waals surface area contributed by atoms with Crippen LogP contribution in [0.5, 0.6) is 0 Å². The van der Waals surface area contributed by atoms with Crippen molar-refractivity contribution in [3.05, 3.63) is 59.7 Å². The molecule has 35 heavy (non-hydrogen) atoms. The molecule has 0 saturated carbocycles. The molecule has 1 saturated heterocycles. The van der Waals surface area contributed by atoms with Gasteiger partial charge in [-0.2, -0.15) is 0 Å². The van der Waals surface area contributed by atoms with Crippen molar-refractivity contribution >= 4 is 41.1 Å². The number of fused-ring (bicyclic) bond motifs is 3. The van der Waals surface area contributed by atoms with Crippen molar-refractivity contribution < 1.29 is 28.7 Å². The Kier molecular flexibility index (Phi) is 5.12. The number of nitrogens with one attached hydrogen (secondary N) is 2. The van der Waals surface area contributed by atoms with Gasteiger partial charge in [-0.15, -0.1) is 0 Å². The highest BCUT2D eigenvalue weighted by molar-refractivity contribution is 6.14. The van der Waals surface area contributed by atoms with Crippen LogP contribution in [0, 0.1) is 0 Å². The van der Waals surface area contributed by atoms with Crippen LogP contribution >= 0.6 is 0 Å². The number of hydrogen-bond acceptors (Lipinski definition) is 6. The van der Waals surface area contributed by atoms with Gasteiger partial charge >= 0.3 is 12.0 Å². The van der Waals surface area contributed by atoms with Crippen molar-refractivity contribution in [2.45, 2.75) is 37.8 Å². The number of benzene rings is 2. The second kappa shape index (κ2) is 7.93. The number of amides is 5. The first kappa shape index (κ1) is 22.6. The molecule has 2 aromatic carbocycles. The summed E-state index contributed by atoms with van der Waals surface area (Å²) in [4.78, 5) is 66.0. The minimum Gasteiger partial charge on any atom is -0.454 e. The first-order chi connectivity index (χ1) is 16.6. The SMILES string of the molecule is CC1(C)C(=O)Nc2ccccc2N1C(=O)COC(=O)CN1C(=O)N[C@]2(CCc3ccccc32)C1=O. The van der Waals surface area contributed by atoms with Crippen molar-refractivity contribution in [1.82, 2.24) is 10.2 Å². The van der Waals surface area contributed by atoms with Crippen LogP contribution in [-0.4, -0.2) is 53.3 Å². The van der Waals surface area contributed by atoms with E-state index in [4.69, 9.17) is 4.74 Å². The number of anilines is 2. The number of esters is 1. The fourth-order valence-corrected chi connectivity index (χ4v) is 5.01. The summed E-state index contributed by atoms with van der Waals surface area (Å²) in [5.41, 5.74) is 0.259. The quantitative estimate of drug-likeness (QED) is 0.511. The van der Waals surface area contributed by atoms with E-state index in [1.54, 1.807) is 50.2 Å². The van der Waals surface area contributed by atoms with Gasteiger partial charge in [0.05, 0.1) is 11.4 Å². The number of carbonyl (C=O) groups is 5. The third-order valence-corrected chi connectivity index (χ3v) is 6.82. The van der Waals surface area contributed by atoms with Crippen molar-refractivity contribution in [3.8, 4) is 0 Å². The Morgan fingerprint density at radius 3 is 2.54 bits per heavy atom. The van der Waals surface area contributed by atoms with Gasteiger partial charge in [-0.3, -0.25) is 29.0 Å². The maximum atomic E-state index is 13.2. The first-order valence-electron chi connectivity index (χ1n) is 11.3. The molecule has 2 N–H and O–H groups in total. The van der Waals surface area contributed by atoms with Crippen molar-refractivity contribution in [2.75, 3.05) is 23.4 Å². The average molecular weight is 476 g/mol. The summed E-state index contributed by atoms with van der Waals surface area (Å²) >= 11 is 0. The molecule has 0 bridgehead atoms. The largest absolute Gasteiger partial charge is 0.454 e. The van der Waals surface area contributed by atoms with Gasteiger partial charge in [0, 0.05) is 0 Å². The number of para-hydroxylation sites is 2. The highest BCUT2D eigenvalue weighted by Crippen LogP contribution is 2.41. The van der Waals surface area contributed by atoms with Crippen LogP contribution in [0.3, 0.4) is 0 Å². The summed E-state index contributed by atoms with van der Waals surface area (Å²) in [5.74, 6) is -2.40. The van der Waals surface area contributed by atoms with Crippen LogP contribution in [0.1, 0.15) is 31.4 Å². The lowest BCUT2D eigenvalue weighted by Crippen LogP contribution is -2.59. The molecule has 2 aromatic rings. The fourth-order valence-electron chi connectivity index (χ4n) is 5.01. The Morgan fingerprint density at radius 2 is 1.74 bits per heavy atom. The van der Waals surface area contributed by atoms with E-state index in [9.17, 15) is 24.0 Å². The standard InChI is InChI=1S/C25H24N4O6/c1-24(2)21(32)26-17-9-5-6-10-18(17)29(24)19(30)14-35-20(31)13-28-22(33)25(27-23(28)34)12-11-15-7-3-4-8-16(15)25/h3-10H,11-14H2,1-2H3,(H,26,32)(H,27,34)/t25-/m0/s1. The molecule has 5 amide bonds. The zero-order valence-electron chi connectivity index (χ0n) is 19.3. The van der Waals surface area contributed by atoms with Crippen LogP contribution in [0.4, 0.5) is 16.2 Å². The van der Waals surface area contributed by atoms with E-state index < -0.39 is 48.0 Å². The van der Waals surface area contributed by atoms with E-state index in [1.807, 2.05) is 12.1 Å². The lowest BCUT2D eigenvalue weighted by molar-refractivity contribution is -0.151. The minimum absolute atomic E-state index is 0.377. The molecule has 10 nitrogen and oxygen atoms in total. The summed E-state index contributed by atoms with van der Waals surface area (Å²) in [6.45, 7) is 1.90. The molecular formula is C25H24N4O6. The Labute approximate surface area is 201 Å². The second-order valence-corrected chi connectivity index (χ2v) is 9.30. The highest BCUT2D eigenvalue weighted by atomic mass is 16.5. The summed E-state index contributed by atoms with van der Waals surface area (Å²) in [7, 11) is 0. The maximum Gasteiger partial charge on any atom is 0.326 e. The zero-order valence-corrected chi connectivity index (χ0v) is 19.3. The number of rotatable bonds is 4. The molecular weight excluding hydrogens is 452 g/mol. The summed E-state index contributed by atoms with van der Waals surface area (Å²) in [5, 5.41) is 5.50. The molecule has 1 spiro atoms. The number of carbonyl (C=O) groups excluding carboxylic acids is 5. The van der Waals surface area contributed by atoms with Crippen molar-refractivity contribution in [2.24, 2.45) is 0 Å². The van der Waals surface area contributed by atoms with Crippen LogP contribution in [0.2, 0.25) is 0 Å². The van der Waals surface area contributed by atoms with Gasteiger partial charge in [-0.1, -0.05) is 36.4 Å². The topological polar surface area (TPSA) is 125 Å². The molecule has 0 unspecified atom stereocenters. The highest BCUT2D eigenvalue weighted by Gasteiger charge is 2.55. The van der Waals surface area contributed by atoms with Crippen LogP contribution in [-0.2, 0) is 35.9 Å². The van der Waals surface area contributed by atoms with Crippen molar-refractivity contribution in [1.29, 1.82) is 0 Å². The van der Waals surface area contributed by atoms with E-state index in [0.717, 1.165) is 16.0 Å². The normalized spacial score (nSPS) is 21.9. The first-order valence-corrected chi connectivity index (χ1v) is 11.3. The number of urea groups is 1. The van der Waals surface area contributed by atoms with Gasteiger partial charge in [0.1, 0.15) is 17.6 Å². The molecule has 3 aliphatic rings. The summed E-state index contributed by atoms with van der Waals surface area (Å²) < 4.78 is 5.14. The Morgan fingerprint density at radius 1 is 1.03 bits per heavy atom. The maximum absolute atomic E-state index is 13.2. The molecule has 0 radical (unpaired) electrons. The predicted octanol–water partition coefficient (Wildman–Crippen LogP) is 1.69. The Bertz CT molecular complexity index is 1290. The molecule has 1 atom stereocenters. The third-order valence-electron chi connectivity index (χ3n) is 6.82. The van der Waals surface area contributed by atoms with Crippen LogP contribution in [0.25, 0.3) is 0 Å². The molecule has 1 aliphatic carbocycles. The van der Waals surface area contributed by atoms with Gasteiger partial charge in [0.15, 0.2) is 6.61 Å². The Hall–Kier alpha value is -4.21.